The summed E-state index contributed by atoms with van der Waals surface area (Å²) in [4.78, 5) is 4.60. The minimum Gasteiger partial charge on any atom is -0.377 e. The summed E-state index contributed by atoms with van der Waals surface area (Å²) in [6, 6.07) is 4.56. The first kappa shape index (κ1) is 18.3. The normalized spacial score (nSPS) is 23.8. The number of halogens is 2. The zero-order valence-corrected chi connectivity index (χ0v) is 15.3. The number of hydrogen-bond donors (Lipinski definition) is 1. The van der Waals surface area contributed by atoms with Crippen molar-refractivity contribution in [2.75, 3.05) is 6.61 Å². The van der Waals surface area contributed by atoms with E-state index in [0.29, 0.717) is 11.5 Å². The van der Waals surface area contributed by atoms with E-state index in [1.54, 1.807) is 16.8 Å². The SMILES string of the molecule is CCCO[C@@H]1CC[C@H](c2nc(C)nn2-c2ccc(F)c(Cl)c2)C[C@H]1N. The molecule has 1 fully saturated rings. The van der Waals surface area contributed by atoms with Crippen LogP contribution in [0.5, 0.6) is 0 Å². The van der Waals surface area contributed by atoms with Crippen molar-refractivity contribution in [2.24, 2.45) is 5.73 Å². The van der Waals surface area contributed by atoms with Crippen LogP contribution in [0.3, 0.4) is 0 Å². The lowest BCUT2D eigenvalue weighted by Crippen LogP contribution is -2.42. The van der Waals surface area contributed by atoms with Gasteiger partial charge in [-0.3, -0.25) is 0 Å². The molecule has 0 radical (unpaired) electrons. The first-order chi connectivity index (χ1) is 12.0. The average molecular weight is 367 g/mol. The van der Waals surface area contributed by atoms with Gasteiger partial charge in [-0.15, -0.1) is 0 Å². The predicted molar refractivity (Wildman–Crippen MR) is 95.7 cm³/mol. The Morgan fingerprint density at radius 2 is 2.20 bits per heavy atom. The molecule has 0 saturated heterocycles. The highest BCUT2D eigenvalue weighted by Gasteiger charge is 2.32. The highest BCUT2D eigenvalue weighted by Crippen LogP contribution is 2.34. The topological polar surface area (TPSA) is 66.0 Å². The summed E-state index contributed by atoms with van der Waals surface area (Å²) in [7, 11) is 0. The highest BCUT2D eigenvalue weighted by molar-refractivity contribution is 6.30. The standard InChI is InChI=1S/C18H24ClFN4O/c1-3-8-25-17-7-4-12(9-16(17)21)18-22-11(2)23-24(18)13-5-6-15(20)14(19)10-13/h5-6,10,12,16-17H,3-4,7-9,21H2,1-2H3/t12-,16+,17+/m0/s1. The van der Waals surface area contributed by atoms with Gasteiger partial charge in [0.2, 0.25) is 0 Å². The number of ether oxygens (including phenoxy) is 1. The van der Waals surface area contributed by atoms with E-state index >= 15 is 0 Å². The molecule has 1 aliphatic rings. The fourth-order valence-corrected chi connectivity index (χ4v) is 3.57. The summed E-state index contributed by atoms with van der Waals surface area (Å²) < 4.78 is 21.1. The molecule has 2 aromatic rings. The van der Waals surface area contributed by atoms with Crippen LogP contribution in [-0.2, 0) is 4.74 Å². The third kappa shape index (κ3) is 4.02. The number of aryl methyl sites for hydroxylation is 1. The van der Waals surface area contributed by atoms with Gasteiger partial charge in [0, 0.05) is 18.6 Å². The Labute approximate surface area is 152 Å². The van der Waals surface area contributed by atoms with Gasteiger partial charge in [0.1, 0.15) is 17.5 Å². The number of rotatable bonds is 5. The maximum atomic E-state index is 13.5. The van der Waals surface area contributed by atoms with Crippen LogP contribution in [0.1, 0.15) is 50.2 Å². The van der Waals surface area contributed by atoms with Crippen molar-refractivity contribution in [3.63, 3.8) is 0 Å². The Bertz CT molecular complexity index is 736. The molecule has 1 aromatic carbocycles. The van der Waals surface area contributed by atoms with Gasteiger partial charge in [0.25, 0.3) is 0 Å². The molecule has 0 spiro atoms. The minimum atomic E-state index is -0.445. The number of nitrogens with zero attached hydrogens (tertiary/aromatic N) is 3. The molecule has 0 unspecified atom stereocenters. The quantitative estimate of drug-likeness (QED) is 0.875. The summed E-state index contributed by atoms with van der Waals surface area (Å²) in [5.74, 6) is 1.28. The van der Waals surface area contributed by atoms with Crippen LogP contribution >= 0.6 is 11.6 Å². The van der Waals surface area contributed by atoms with Gasteiger partial charge in [0.15, 0.2) is 0 Å². The van der Waals surface area contributed by atoms with E-state index in [2.05, 4.69) is 17.0 Å². The van der Waals surface area contributed by atoms with Gasteiger partial charge < -0.3 is 10.5 Å². The molecular weight excluding hydrogens is 343 g/mol. The van der Waals surface area contributed by atoms with Gasteiger partial charge in [-0.1, -0.05) is 18.5 Å². The van der Waals surface area contributed by atoms with Crippen LogP contribution in [0.4, 0.5) is 4.39 Å². The zero-order chi connectivity index (χ0) is 18.0. The molecule has 1 aliphatic carbocycles. The van der Waals surface area contributed by atoms with Crippen molar-refractivity contribution in [3.8, 4) is 5.69 Å². The first-order valence-corrected chi connectivity index (χ1v) is 9.13. The molecule has 1 aromatic heterocycles. The number of aromatic nitrogens is 3. The first-order valence-electron chi connectivity index (χ1n) is 8.75. The molecular formula is C18H24ClFN4O. The van der Waals surface area contributed by atoms with Gasteiger partial charge >= 0.3 is 0 Å². The summed E-state index contributed by atoms with van der Waals surface area (Å²) >= 11 is 5.93. The maximum absolute atomic E-state index is 13.5. The molecule has 3 rings (SSSR count). The van der Waals surface area contributed by atoms with Crippen LogP contribution in [0.15, 0.2) is 18.2 Å². The van der Waals surface area contributed by atoms with E-state index in [0.717, 1.165) is 38.1 Å². The molecule has 2 N–H and O–H groups in total. The third-order valence-electron chi connectivity index (χ3n) is 4.62. The summed E-state index contributed by atoms with van der Waals surface area (Å²) in [5.41, 5.74) is 7.04. The molecule has 1 heterocycles. The molecule has 136 valence electrons. The van der Waals surface area contributed by atoms with Crippen molar-refractivity contribution in [1.82, 2.24) is 14.8 Å². The van der Waals surface area contributed by atoms with Crippen molar-refractivity contribution >= 4 is 11.6 Å². The lowest BCUT2D eigenvalue weighted by Gasteiger charge is -2.33. The molecule has 0 bridgehead atoms. The van der Waals surface area contributed by atoms with E-state index in [1.807, 2.05) is 6.92 Å². The number of nitrogens with two attached hydrogens (primary N) is 1. The van der Waals surface area contributed by atoms with E-state index in [9.17, 15) is 4.39 Å². The Balaban J connectivity index is 1.83. The zero-order valence-electron chi connectivity index (χ0n) is 14.6. The van der Waals surface area contributed by atoms with Crippen molar-refractivity contribution in [1.29, 1.82) is 0 Å². The fraction of sp³-hybridized carbons (Fsp3) is 0.556. The van der Waals surface area contributed by atoms with Crippen LogP contribution in [0, 0.1) is 12.7 Å². The second-order valence-electron chi connectivity index (χ2n) is 6.61. The predicted octanol–water partition coefficient (Wildman–Crippen LogP) is 3.76. The second kappa shape index (κ2) is 7.81. The lowest BCUT2D eigenvalue weighted by molar-refractivity contribution is 0.0108. The Morgan fingerprint density at radius 3 is 2.88 bits per heavy atom. The summed E-state index contributed by atoms with van der Waals surface area (Å²) in [6.07, 6.45) is 3.73. The Kier molecular flexibility index (Phi) is 5.71. The van der Waals surface area contributed by atoms with E-state index < -0.39 is 5.82 Å². The van der Waals surface area contributed by atoms with Crippen molar-refractivity contribution in [2.45, 2.75) is 57.6 Å². The van der Waals surface area contributed by atoms with Gasteiger partial charge in [-0.25, -0.2) is 14.1 Å². The van der Waals surface area contributed by atoms with Crippen LogP contribution in [0.2, 0.25) is 5.02 Å². The molecule has 1 saturated carbocycles. The molecule has 7 heteroatoms. The summed E-state index contributed by atoms with van der Waals surface area (Å²) in [6.45, 7) is 4.68. The molecule has 25 heavy (non-hydrogen) atoms. The summed E-state index contributed by atoms with van der Waals surface area (Å²) in [5, 5.41) is 4.55. The van der Waals surface area contributed by atoms with Gasteiger partial charge in [-0.05, 0) is 50.8 Å². The molecule has 0 aliphatic heterocycles. The second-order valence-corrected chi connectivity index (χ2v) is 7.02. The highest BCUT2D eigenvalue weighted by atomic mass is 35.5. The smallest absolute Gasteiger partial charge is 0.148 e. The molecule has 0 amide bonds. The van der Waals surface area contributed by atoms with Gasteiger partial charge in [0.05, 0.1) is 16.8 Å². The van der Waals surface area contributed by atoms with Crippen LogP contribution in [-0.4, -0.2) is 33.5 Å². The molecule has 5 nitrogen and oxygen atoms in total. The number of hydrogen-bond acceptors (Lipinski definition) is 4. The average Bonchev–Trinajstić information content (AvgIpc) is 2.98. The molecule has 3 atom stereocenters. The number of benzene rings is 1. The van der Waals surface area contributed by atoms with E-state index in [1.165, 1.54) is 6.07 Å². The van der Waals surface area contributed by atoms with E-state index in [-0.39, 0.29) is 23.1 Å². The van der Waals surface area contributed by atoms with Crippen molar-refractivity contribution < 1.29 is 9.13 Å². The maximum Gasteiger partial charge on any atom is 0.148 e. The largest absolute Gasteiger partial charge is 0.377 e. The lowest BCUT2D eigenvalue weighted by atomic mass is 9.83. The van der Waals surface area contributed by atoms with Crippen LogP contribution in [0.25, 0.3) is 5.69 Å². The Morgan fingerprint density at radius 1 is 1.40 bits per heavy atom. The van der Waals surface area contributed by atoms with Gasteiger partial charge in [-0.2, -0.15) is 5.10 Å². The van der Waals surface area contributed by atoms with E-state index in [4.69, 9.17) is 22.1 Å². The fourth-order valence-electron chi connectivity index (χ4n) is 3.39. The Hall–Kier alpha value is -1.50. The van der Waals surface area contributed by atoms with Crippen molar-refractivity contribution in [3.05, 3.63) is 40.7 Å². The van der Waals surface area contributed by atoms with Crippen LogP contribution < -0.4 is 5.73 Å². The minimum absolute atomic E-state index is 0.0208. The monoisotopic (exact) mass is 366 g/mol. The third-order valence-corrected chi connectivity index (χ3v) is 4.91.